The first-order valence-electron chi connectivity index (χ1n) is 14.6. The number of phenolic OH excluding ortho intramolecular Hbond substituents is 4. The molecule has 0 radical (unpaired) electrons. The third-order valence-electron chi connectivity index (χ3n) is 7.55. The van der Waals surface area contributed by atoms with Crippen LogP contribution < -0.4 is 0 Å². The summed E-state index contributed by atoms with van der Waals surface area (Å²) in [5, 5.41) is 80.1. The minimum atomic E-state index is -1.81. The fraction of sp³-hybridized carbons (Fsp3) is 0.484. The molecular formula is C31H38O16. The van der Waals surface area contributed by atoms with Crippen LogP contribution in [0.25, 0.3) is 6.08 Å². The Balaban J connectivity index is 1.61. The minimum absolute atomic E-state index is 0.103. The summed E-state index contributed by atoms with van der Waals surface area (Å²) >= 11 is 0. The molecule has 10 atom stereocenters. The molecule has 16 nitrogen and oxygen atoms in total. The number of phenols is 4. The van der Waals surface area contributed by atoms with Crippen molar-refractivity contribution in [2.75, 3.05) is 13.2 Å². The number of aromatic hydroxyl groups is 4. The van der Waals surface area contributed by atoms with Crippen molar-refractivity contribution in [3.8, 4) is 23.0 Å². The molecule has 10 unspecified atom stereocenters. The van der Waals surface area contributed by atoms with Crippen LogP contribution in [0.5, 0.6) is 23.0 Å². The molecule has 0 saturated carbocycles. The number of carbonyl (C=O) groups excluding carboxylic acids is 2. The average Bonchev–Trinajstić information content (AvgIpc) is 3.03. The van der Waals surface area contributed by atoms with Gasteiger partial charge in [-0.2, -0.15) is 0 Å². The van der Waals surface area contributed by atoms with Crippen molar-refractivity contribution in [3.05, 3.63) is 53.6 Å². The number of esters is 2. The Morgan fingerprint density at radius 3 is 2.13 bits per heavy atom. The molecule has 0 spiro atoms. The van der Waals surface area contributed by atoms with Gasteiger partial charge in [-0.1, -0.05) is 12.1 Å². The van der Waals surface area contributed by atoms with Crippen molar-refractivity contribution in [2.45, 2.75) is 81.7 Å². The van der Waals surface area contributed by atoms with E-state index in [1.165, 1.54) is 49.4 Å². The van der Waals surface area contributed by atoms with E-state index in [1.807, 2.05) is 0 Å². The molecular weight excluding hydrogens is 628 g/mol. The summed E-state index contributed by atoms with van der Waals surface area (Å²) in [6, 6.07) is 7.94. The van der Waals surface area contributed by atoms with Gasteiger partial charge in [0.15, 0.2) is 47.8 Å². The van der Waals surface area contributed by atoms with Gasteiger partial charge >= 0.3 is 11.9 Å². The van der Waals surface area contributed by atoms with Gasteiger partial charge in [-0.3, -0.25) is 4.79 Å². The van der Waals surface area contributed by atoms with E-state index in [1.54, 1.807) is 0 Å². The second-order valence-corrected chi connectivity index (χ2v) is 11.0. The van der Waals surface area contributed by atoms with Gasteiger partial charge in [0.2, 0.25) is 0 Å². The molecule has 47 heavy (non-hydrogen) atoms. The average molecular weight is 667 g/mol. The number of hydrogen-bond acceptors (Lipinski definition) is 16. The van der Waals surface area contributed by atoms with Crippen LogP contribution in [0.15, 0.2) is 42.5 Å². The quantitative estimate of drug-likeness (QED) is 0.0859. The highest BCUT2D eigenvalue weighted by molar-refractivity contribution is 5.87. The summed E-state index contributed by atoms with van der Waals surface area (Å²) in [5.41, 5.74) is 0.879. The first kappa shape index (κ1) is 35.8. The fourth-order valence-electron chi connectivity index (χ4n) is 5.05. The van der Waals surface area contributed by atoms with Crippen molar-refractivity contribution in [2.24, 2.45) is 0 Å². The molecule has 2 aliphatic rings. The zero-order valence-electron chi connectivity index (χ0n) is 25.4. The van der Waals surface area contributed by atoms with Gasteiger partial charge in [-0.05, 0) is 54.8 Å². The molecule has 258 valence electrons. The van der Waals surface area contributed by atoms with E-state index in [0.717, 1.165) is 13.0 Å². The summed E-state index contributed by atoms with van der Waals surface area (Å²) < 4.78 is 34.4. The molecule has 2 aromatic rings. The third kappa shape index (κ3) is 8.88. The van der Waals surface area contributed by atoms with E-state index >= 15 is 0 Å². The first-order valence-corrected chi connectivity index (χ1v) is 14.6. The van der Waals surface area contributed by atoms with E-state index < -0.39 is 85.7 Å². The second kappa shape index (κ2) is 15.7. The van der Waals surface area contributed by atoms with Crippen molar-refractivity contribution in [1.29, 1.82) is 0 Å². The highest BCUT2D eigenvalue weighted by Gasteiger charge is 2.54. The van der Waals surface area contributed by atoms with Crippen LogP contribution >= 0.6 is 0 Å². The van der Waals surface area contributed by atoms with Gasteiger partial charge in [0.1, 0.15) is 30.5 Å². The van der Waals surface area contributed by atoms with Crippen LogP contribution in [-0.2, 0) is 44.4 Å². The number of aliphatic hydroxyl groups excluding tert-OH is 4. The van der Waals surface area contributed by atoms with Gasteiger partial charge in [0, 0.05) is 13.0 Å². The van der Waals surface area contributed by atoms with E-state index in [9.17, 15) is 50.4 Å². The molecule has 2 aromatic carbocycles. The van der Waals surface area contributed by atoms with Crippen molar-refractivity contribution in [3.63, 3.8) is 0 Å². The highest BCUT2D eigenvalue weighted by atomic mass is 16.8. The molecule has 2 heterocycles. The minimum Gasteiger partial charge on any atom is -0.504 e. The maximum Gasteiger partial charge on any atom is 0.331 e. The van der Waals surface area contributed by atoms with E-state index in [4.69, 9.17) is 28.4 Å². The Morgan fingerprint density at radius 1 is 0.809 bits per heavy atom. The number of hydrogen-bond donors (Lipinski definition) is 8. The Morgan fingerprint density at radius 2 is 1.49 bits per heavy atom. The Labute approximate surface area is 268 Å². The number of ether oxygens (including phenoxy) is 6. The van der Waals surface area contributed by atoms with Crippen molar-refractivity contribution in [1.82, 2.24) is 0 Å². The zero-order valence-corrected chi connectivity index (χ0v) is 25.4. The maximum absolute atomic E-state index is 13.0. The lowest BCUT2D eigenvalue weighted by Crippen LogP contribution is -2.65. The largest absolute Gasteiger partial charge is 0.504 e. The molecule has 2 aliphatic heterocycles. The van der Waals surface area contributed by atoms with Gasteiger partial charge < -0.3 is 69.3 Å². The third-order valence-corrected chi connectivity index (χ3v) is 7.55. The predicted octanol–water partition coefficient (Wildman–Crippen LogP) is -0.445. The molecule has 2 saturated heterocycles. The van der Waals surface area contributed by atoms with E-state index in [2.05, 4.69) is 0 Å². The molecule has 2 fully saturated rings. The number of carbonyl (C=O) groups is 2. The van der Waals surface area contributed by atoms with Crippen LogP contribution in [-0.4, -0.2) is 127 Å². The molecule has 8 N–H and O–H groups in total. The second-order valence-electron chi connectivity index (χ2n) is 11.0. The SMILES string of the molecule is CC(=O)OC1C(OCCc2ccc(O)c(O)c2)OC(CO)C(OC(=O)/C=C\c2ccc(O)c(O)c2)C1OC1OC(C)C(O)C(O)C1O. The summed E-state index contributed by atoms with van der Waals surface area (Å²) in [4.78, 5) is 25.3. The summed E-state index contributed by atoms with van der Waals surface area (Å²) in [6.45, 7) is 1.62. The lowest BCUT2D eigenvalue weighted by Gasteiger charge is -2.47. The van der Waals surface area contributed by atoms with Gasteiger partial charge in [0.25, 0.3) is 0 Å². The summed E-state index contributed by atoms with van der Waals surface area (Å²) in [5.74, 6) is -3.31. The Bertz CT molecular complexity index is 1410. The van der Waals surface area contributed by atoms with Crippen LogP contribution in [0.2, 0.25) is 0 Å². The van der Waals surface area contributed by atoms with Crippen LogP contribution in [0.1, 0.15) is 25.0 Å². The highest BCUT2D eigenvalue weighted by Crippen LogP contribution is 2.33. The normalized spacial score (nSPS) is 31.0. The molecule has 0 aliphatic carbocycles. The fourth-order valence-corrected chi connectivity index (χ4v) is 5.05. The summed E-state index contributed by atoms with van der Waals surface area (Å²) in [7, 11) is 0. The Hall–Kier alpha value is -4.00. The van der Waals surface area contributed by atoms with Gasteiger partial charge in [-0.15, -0.1) is 0 Å². The molecule has 16 heteroatoms. The monoisotopic (exact) mass is 666 g/mol. The van der Waals surface area contributed by atoms with Gasteiger partial charge in [0.05, 0.1) is 19.3 Å². The Kier molecular flexibility index (Phi) is 12.0. The number of benzene rings is 2. The smallest absolute Gasteiger partial charge is 0.331 e. The topological polar surface area (TPSA) is 251 Å². The molecule has 4 rings (SSSR count). The standard InChI is InChI=1S/C31H38O16/c1-14-24(39)25(40)26(41)30(43-14)47-28-27(46-23(38)8-5-16-3-6-18(34)20(36)11-16)22(13-32)45-31(29(28)44-15(2)33)42-10-9-17-4-7-19(35)21(37)12-17/h3-8,11-12,14,22,24-32,34-37,39-41H,9-10,13H2,1-2H3/b8-5-. The lowest BCUT2D eigenvalue weighted by molar-refractivity contribution is -0.358. The molecule has 0 amide bonds. The summed E-state index contributed by atoms with van der Waals surface area (Å²) in [6.07, 6.45) is -12.7. The van der Waals surface area contributed by atoms with Crippen molar-refractivity contribution >= 4 is 18.0 Å². The van der Waals surface area contributed by atoms with E-state index in [-0.39, 0.29) is 30.3 Å². The van der Waals surface area contributed by atoms with Crippen LogP contribution in [0.3, 0.4) is 0 Å². The maximum atomic E-state index is 13.0. The number of aliphatic hydroxyl groups is 4. The van der Waals surface area contributed by atoms with Crippen molar-refractivity contribution < 1.29 is 78.9 Å². The predicted molar refractivity (Wildman–Crippen MR) is 157 cm³/mol. The van der Waals surface area contributed by atoms with Crippen LogP contribution in [0.4, 0.5) is 0 Å². The molecule has 0 aromatic heterocycles. The zero-order chi connectivity index (χ0) is 34.4. The molecule has 0 bridgehead atoms. The van der Waals surface area contributed by atoms with E-state index in [0.29, 0.717) is 11.1 Å². The van der Waals surface area contributed by atoms with Crippen LogP contribution in [0, 0.1) is 0 Å². The number of rotatable bonds is 11. The lowest BCUT2D eigenvalue weighted by atomic mass is 9.96. The first-order chi connectivity index (χ1) is 22.3. The van der Waals surface area contributed by atoms with Gasteiger partial charge in [-0.25, -0.2) is 4.79 Å².